The highest BCUT2D eigenvalue weighted by atomic mass is 32.2. The average molecular weight is 287 g/mol. The zero-order valence-electron chi connectivity index (χ0n) is 11.5. The molecule has 0 bridgehead atoms. The first-order valence-electron chi connectivity index (χ1n) is 6.59. The molecule has 1 saturated heterocycles. The second kappa shape index (κ2) is 6.60. The molecule has 1 aromatic heterocycles. The van der Waals surface area contributed by atoms with E-state index in [1.807, 2.05) is 6.07 Å². The summed E-state index contributed by atoms with van der Waals surface area (Å²) in [5.74, 6) is 1.11. The first-order valence-corrected chi connectivity index (χ1v) is 7.58. The van der Waals surface area contributed by atoms with Crippen LogP contribution in [-0.4, -0.2) is 35.3 Å². The van der Waals surface area contributed by atoms with Crippen molar-refractivity contribution < 1.29 is 0 Å². The van der Waals surface area contributed by atoms with E-state index in [1.165, 1.54) is 25.5 Å². The summed E-state index contributed by atoms with van der Waals surface area (Å²) in [5.41, 5.74) is 6.40. The van der Waals surface area contributed by atoms with Crippen molar-refractivity contribution >= 4 is 17.6 Å². The molecule has 0 aliphatic carbocycles. The highest BCUT2D eigenvalue weighted by Crippen LogP contribution is 2.26. The summed E-state index contributed by atoms with van der Waals surface area (Å²) in [5, 5.41) is 18.6. The summed E-state index contributed by atoms with van der Waals surface area (Å²) in [6.07, 6.45) is 3.58. The minimum atomic E-state index is 0.201. The highest BCUT2D eigenvalue weighted by Gasteiger charge is 2.20. The molecule has 0 aromatic carbocycles. The van der Waals surface area contributed by atoms with Crippen molar-refractivity contribution in [2.24, 2.45) is 0 Å². The molecule has 2 heterocycles. The molecule has 2 rings (SSSR count). The summed E-state index contributed by atoms with van der Waals surface area (Å²) in [6, 6.07) is 6.18. The van der Waals surface area contributed by atoms with E-state index < -0.39 is 0 Å². The molecule has 1 atom stereocenters. The van der Waals surface area contributed by atoms with Crippen LogP contribution in [0.5, 0.6) is 0 Å². The second-order valence-electron chi connectivity index (χ2n) is 4.91. The number of rotatable bonds is 4. The fourth-order valence-electron chi connectivity index (χ4n) is 2.43. The number of nitrogens with zero attached hydrogens (tertiary/aromatic N) is 4. The summed E-state index contributed by atoms with van der Waals surface area (Å²) in [4.78, 5) is 6.56. The van der Waals surface area contributed by atoms with Gasteiger partial charge in [-0.15, -0.1) is 11.8 Å². The fraction of sp³-hybridized carbons (Fsp3) is 0.500. The van der Waals surface area contributed by atoms with Gasteiger partial charge in [-0.05, 0) is 38.9 Å². The monoisotopic (exact) mass is 287 g/mol. The quantitative estimate of drug-likeness (QED) is 0.852. The predicted octanol–water partition coefficient (Wildman–Crippen LogP) is 1.98. The Bertz CT molecular complexity index is 572. The van der Waals surface area contributed by atoms with Crippen molar-refractivity contribution in [2.45, 2.75) is 30.3 Å². The zero-order chi connectivity index (χ0) is 14.5. The van der Waals surface area contributed by atoms with Gasteiger partial charge in [-0.1, -0.05) is 0 Å². The Labute approximate surface area is 123 Å². The van der Waals surface area contributed by atoms with E-state index in [4.69, 9.17) is 16.3 Å². The molecular formula is C14H17N5S. The van der Waals surface area contributed by atoms with Crippen LogP contribution in [0, 0.1) is 22.7 Å². The summed E-state index contributed by atoms with van der Waals surface area (Å²) in [7, 11) is 2.15. The standard InChI is InChI=1S/C14H17N5S/c1-19-5-2-3-12(19)4-6-20-14-11(9-16)7-10(8-15)13(17)18-14/h7,12H,2-6H2,1H3,(H2,17,18). The van der Waals surface area contributed by atoms with Crippen molar-refractivity contribution in [3.8, 4) is 12.1 Å². The SMILES string of the molecule is CN1CCCC1CCSc1nc(N)c(C#N)cc1C#N. The number of nitriles is 2. The summed E-state index contributed by atoms with van der Waals surface area (Å²) >= 11 is 1.54. The van der Waals surface area contributed by atoms with Crippen LogP contribution in [0.25, 0.3) is 0 Å². The molecule has 1 aromatic rings. The van der Waals surface area contributed by atoms with Gasteiger partial charge in [0, 0.05) is 11.8 Å². The number of nitrogen functional groups attached to an aromatic ring is 1. The lowest BCUT2D eigenvalue weighted by Gasteiger charge is -2.18. The van der Waals surface area contributed by atoms with Gasteiger partial charge in [-0.3, -0.25) is 0 Å². The second-order valence-corrected chi connectivity index (χ2v) is 5.99. The summed E-state index contributed by atoms with van der Waals surface area (Å²) < 4.78 is 0. The van der Waals surface area contributed by atoms with Crippen LogP contribution in [0.3, 0.4) is 0 Å². The van der Waals surface area contributed by atoms with Gasteiger partial charge in [0.25, 0.3) is 0 Å². The molecule has 0 amide bonds. The van der Waals surface area contributed by atoms with Crippen molar-refractivity contribution in [2.75, 3.05) is 25.1 Å². The first kappa shape index (κ1) is 14.6. The Hall–Kier alpha value is -1.76. The van der Waals surface area contributed by atoms with Crippen molar-refractivity contribution in [3.05, 3.63) is 17.2 Å². The zero-order valence-corrected chi connectivity index (χ0v) is 12.3. The van der Waals surface area contributed by atoms with Crippen molar-refractivity contribution in [3.63, 3.8) is 0 Å². The lowest BCUT2D eigenvalue weighted by atomic mass is 10.2. The van der Waals surface area contributed by atoms with E-state index in [2.05, 4.69) is 23.0 Å². The molecular weight excluding hydrogens is 270 g/mol. The van der Waals surface area contributed by atoms with Crippen LogP contribution in [0.4, 0.5) is 5.82 Å². The van der Waals surface area contributed by atoms with E-state index in [0.717, 1.165) is 12.2 Å². The molecule has 2 N–H and O–H groups in total. The third-order valence-corrected chi connectivity index (χ3v) is 4.64. The first-order chi connectivity index (χ1) is 9.65. The van der Waals surface area contributed by atoms with E-state index in [-0.39, 0.29) is 11.4 Å². The maximum absolute atomic E-state index is 9.12. The van der Waals surface area contributed by atoms with Gasteiger partial charge in [0.1, 0.15) is 23.0 Å². The van der Waals surface area contributed by atoms with E-state index in [9.17, 15) is 0 Å². The van der Waals surface area contributed by atoms with E-state index in [1.54, 1.807) is 11.8 Å². The number of hydrogen-bond donors (Lipinski definition) is 1. The van der Waals surface area contributed by atoms with Gasteiger partial charge >= 0.3 is 0 Å². The lowest BCUT2D eigenvalue weighted by molar-refractivity contribution is 0.305. The molecule has 0 spiro atoms. The molecule has 0 radical (unpaired) electrons. The van der Waals surface area contributed by atoms with Gasteiger partial charge < -0.3 is 10.6 Å². The van der Waals surface area contributed by atoms with Crippen LogP contribution in [-0.2, 0) is 0 Å². The van der Waals surface area contributed by atoms with Gasteiger partial charge in [0.15, 0.2) is 0 Å². The Morgan fingerprint density at radius 2 is 2.20 bits per heavy atom. The van der Waals surface area contributed by atoms with Crippen LogP contribution >= 0.6 is 11.8 Å². The normalized spacial score (nSPS) is 18.6. The number of thioether (sulfide) groups is 1. The Morgan fingerprint density at radius 1 is 1.45 bits per heavy atom. The van der Waals surface area contributed by atoms with Gasteiger partial charge in [-0.25, -0.2) is 4.98 Å². The van der Waals surface area contributed by atoms with Crippen LogP contribution < -0.4 is 5.73 Å². The Balaban J connectivity index is 2.01. The molecule has 0 saturated carbocycles. The third kappa shape index (κ3) is 3.22. The van der Waals surface area contributed by atoms with Crippen molar-refractivity contribution in [1.29, 1.82) is 10.5 Å². The smallest absolute Gasteiger partial charge is 0.142 e. The maximum Gasteiger partial charge on any atom is 0.142 e. The highest BCUT2D eigenvalue weighted by molar-refractivity contribution is 7.99. The number of pyridine rings is 1. The third-order valence-electron chi connectivity index (χ3n) is 3.62. The van der Waals surface area contributed by atoms with E-state index in [0.29, 0.717) is 16.6 Å². The molecule has 20 heavy (non-hydrogen) atoms. The predicted molar refractivity (Wildman–Crippen MR) is 79.1 cm³/mol. The average Bonchev–Trinajstić information content (AvgIpc) is 2.85. The number of hydrogen-bond acceptors (Lipinski definition) is 6. The number of nitrogens with two attached hydrogens (primary N) is 1. The topological polar surface area (TPSA) is 89.7 Å². The fourth-order valence-corrected chi connectivity index (χ4v) is 3.43. The van der Waals surface area contributed by atoms with Gasteiger partial charge in [0.05, 0.1) is 11.1 Å². The lowest BCUT2D eigenvalue weighted by Crippen LogP contribution is -2.25. The minimum absolute atomic E-state index is 0.201. The number of aromatic nitrogens is 1. The van der Waals surface area contributed by atoms with Crippen LogP contribution in [0.1, 0.15) is 30.4 Å². The molecule has 1 unspecified atom stereocenters. The molecule has 1 aliphatic rings. The van der Waals surface area contributed by atoms with Crippen molar-refractivity contribution in [1.82, 2.24) is 9.88 Å². The Morgan fingerprint density at radius 3 is 2.80 bits per heavy atom. The van der Waals surface area contributed by atoms with Crippen LogP contribution in [0.2, 0.25) is 0 Å². The largest absolute Gasteiger partial charge is 0.383 e. The maximum atomic E-state index is 9.12. The summed E-state index contributed by atoms with van der Waals surface area (Å²) in [6.45, 7) is 1.17. The molecule has 104 valence electrons. The molecule has 1 fully saturated rings. The molecule has 5 nitrogen and oxygen atoms in total. The number of likely N-dealkylation sites (tertiary alicyclic amines) is 1. The van der Waals surface area contributed by atoms with Crippen LogP contribution in [0.15, 0.2) is 11.1 Å². The molecule has 6 heteroatoms. The molecule has 1 aliphatic heterocycles. The minimum Gasteiger partial charge on any atom is -0.383 e. The van der Waals surface area contributed by atoms with E-state index >= 15 is 0 Å². The van der Waals surface area contributed by atoms with Gasteiger partial charge in [0.2, 0.25) is 0 Å². The number of anilines is 1. The Kier molecular flexibility index (Phi) is 4.84. The van der Waals surface area contributed by atoms with Gasteiger partial charge in [-0.2, -0.15) is 10.5 Å².